The second-order valence-corrected chi connectivity index (χ2v) is 5.26. The van der Waals surface area contributed by atoms with E-state index >= 15 is 0 Å². The van der Waals surface area contributed by atoms with E-state index in [1.807, 2.05) is 37.3 Å². The lowest BCUT2D eigenvalue weighted by Crippen LogP contribution is -2.50. The fourth-order valence-corrected chi connectivity index (χ4v) is 2.27. The van der Waals surface area contributed by atoms with Gasteiger partial charge in [0.2, 0.25) is 0 Å². The van der Waals surface area contributed by atoms with Crippen LogP contribution in [0.3, 0.4) is 0 Å². The van der Waals surface area contributed by atoms with E-state index in [1.54, 1.807) is 0 Å². The standard InChI is InChI=1S/C15H21NO3/c1-12(7-16-8-14(9-16)10-17)15(18)19-11-13-5-3-2-4-6-13/h2-6,12,14,17H,7-11H2,1H3. The highest BCUT2D eigenvalue weighted by atomic mass is 16.5. The second kappa shape index (κ2) is 6.68. The maximum Gasteiger partial charge on any atom is 0.310 e. The van der Waals surface area contributed by atoms with E-state index in [1.165, 1.54) is 0 Å². The van der Waals surface area contributed by atoms with E-state index in [-0.39, 0.29) is 18.5 Å². The molecule has 0 radical (unpaired) electrons. The van der Waals surface area contributed by atoms with Crippen molar-refractivity contribution in [3.63, 3.8) is 0 Å². The third-order valence-corrected chi connectivity index (χ3v) is 3.45. The first-order valence-corrected chi connectivity index (χ1v) is 6.73. The predicted molar refractivity (Wildman–Crippen MR) is 72.4 cm³/mol. The van der Waals surface area contributed by atoms with Crippen LogP contribution in [-0.4, -0.2) is 42.2 Å². The van der Waals surface area contributed by atoms with Gasteiger partial charge in [0.1, 0.15) is 6.61 Å². The number of nitrogens with zero attached hydrogens (tertiary/aromatic N) is 1. The Balaban J connectivity index is 1.68. The second-order valence-electron chi connectivity index (χ2n) is 5.26. The van der Waals surface area contributed by atoms with Crippen molar-refractivity contribution in [2.45, 2.75) is 13.5 Å². The third kappa shape index (κ3) is 4.04. The monoisotopic (exact) mass is 263 g/mol. The summed E-state index contributed by atoms with van der Waals surface area (Å²) < 4.78 is 5.30. The molecule has 1 saturated heterocycles. The highest BCUT2D eigenvalue weighted by Crippen LogP contribution is 2.17. The summed E-state index contributed by atoms with van der Waals surface area (Å²) in [4.78, 5) is 14.0. The Morgan fingerprint density at radius 3 is 2.74 bits per heavy atom. The predicted octanol–water partition coefficient (Wildman–Crippen LogP) is 1.29. The van der Waals surface area contributed by atoms with Crippen molar-refractivity contribution < 1.29 is 14.6 Å². The van der Waals surface area contributed by atoms with Gasteiger partial charge in [0.05, 0.1) is 5.92 Å². The molecular formula is C15H21NO3. The van der Waals surface area contributed by atoms with Gasteiger partial charge in [-0.15, -0.1) is 0 Å². The molecule has 1 atom stereocenters. The first-order valence-electron chi connectivity index (χ1n) is 6.73. The summed E-state index contributed by atoms with van der Waals surface area (Å²) in [5.74, 6) is 0.104. The summed E-state index contributed by atoms with van der Waals surface area (Å²) in [5, 5.41) is 8.94. The van der Waals surface area contributed by atoms with Crippen LogP contribution in [0.25, 0.3) is 0 Å². The Morgan fingerprint density at radius 2 is 2.11 bits per heavy atom. The Bertz CT molecular complexity index is 401. The molecule has 0 aliphatic carbocycles. The topological polar surface area (TPSA) is 49.8 Å². The lowest BCUT2D eigenvalue weighted by atomic mass is 9.99. The zero-order valence-electron chi connectivity index (χ0n) is 11.3. The van der Waals surface area contributed by atoms with E-state index in [0.717, 1.165) is 18.7 Å². The summed E-state index contributed by atoms with van der Waals surface area (Å²) in [7, 11) is 0. The van der Waals surface area contributed by atoms with E-state index in [4.69, 9.17) is 9.84 Å². The minimum Gasteiger partial charge on any atom is -0.461 e. The molecule has 1 heterocycles. The normalized spacial score (nSPS) is 17.8. The summed E-state index contributed by atoms with van der Waals surface area (Å²) in [5.41, 5.74) is 1.01. The van der Waals surface area contributed by atoms with Crippen molar-refractivity contribution in [3.05, 3.63) is 35.9 Å². The van der Waals surface area contributed by atoms with Gasteiger partial charge >= 0.3 is 5.97 Å². The molecule has 0 saturated carbocycles. The molecule has 4 heteroatoms. The number of aliphatic hydroxyl groups excluding tert-OH is 1. The Kier molecular flexibility index (Phi) is 4.93. The summed E-state index contributed by atoms with van der Waals surface area (Å²) in [6.07, 6.45) is 0. The molecule has 0 amide bonds. The smallest absolute Gasteiger partial charge is 0.310 e. The Morgan fingerprint density at radius 1 is 1.42 bits per heavy atom. The van der Waals surface area contributed by atoms with Crippen molar-refractivity contribution >= 4 is 5.97 Å². The van der Waals surface area contributed by atoms with Gasteiger partial charge in [-0.2, -0.15) is 0 Å². The number of carbonyl (C=O) groups excluding carboxylic acids is 1. The van der Waals surface area contributed by atoms with Crippen LogP contribution in [0.15, 0.2) is 30.3 Å². The van der Waals surface area contributed by atoms with Gasteiger partial charge in [0.15, 0.2) is 0 Å². The molecule has 104 valence electrons. The highest BCUT2D eigenvalue weighted by Gasteiger charge is 2.28. The lowest BCUT2D eigenvalue weighted by molar-refractivity contribution is -0.150. The molecular weight excluding hydrogens is 242 g/mol. The van der Waals surface area contributed by atoms with Gasteiger partial charge in [-0.3, -0.25) is 4.79 Å². The maximum atomic E-state index is 11.8. The molecule has 0 aromatic heterocycles. The zero-order chi connectivity index (χ0) is 13.7. The molecule has 1 aromatic carbocycles. The van der Waals surface area contributed by atoms with E-state index in [2.05, 4.69) is 4.90 Å². The number of ether oxygens (including phenoxy) is 1. The van der Waals surface area contributed by atoms with Crippen molar-refractivity contribution in [3.8, 4) is 0 Å². The molecule has 4 nitrogen and oxygen atoms in total. The number of aliphatic hydroxyl groups is 1. The number of likely N-dealkylation sites (tertiary alicyclic amines) is 1. The summed E-state index contributed by atoms with van der Waals surface area (Å²) >= 11 is 0. The SMILES string of the molecule is CC(CN1CC(CO)C1)C(=O)OCc1ccccc1. The average Bonchev–Trinajstić information content (AvgIpc) is 2.40. The van der Waals surface area contributed by atoms with Crippen molar-refractivity contribution in [1.29, 1.82) is 0 Å². The first-order chi connectivity index (χ1) is 9.19. The molecule has 1 aromatic rings. The maximum absolute atomic E-state index is 11.8. The largest absolute Gasteiger partial charge is 0.461 e. The van der Waals surface area contributed by atoms with Crippen LogP contribution in [0, 0.1) is 11.8 Å². The molecule has 1 aliphatic rings. The Labute approximate surface area is 114 Å². The highest BCUT2D eigenvalue weighted by molar-refractivity contribution is 5.72. The number of rotatable bonds is 6. The zero-order valence-corrected chi connectivity index (χ0v) is 11.3. The number of carbonyl (C=O) groups is 1. The fourth-order valence-electron chi connectivity index (χ4n) is 2.27. The minimum absolute atomic E-state index is 0.122. The van der Waals surface area contributed by atoms with Crippen LogP contribution < -0.4 is 0 Å². The van der Waals surface area contributed by atoms with Crippen LogP contribution in [0.1, 0.15) is 12.5 Å². The van der Waals surface area contributed by atoms with Crippen molar-refractivity contribution in [1.82, 2.24) is 4.90 Å². The third-order valence-electron chi connectivity index (χ3n) is 3.45. The van der Waals surface area contributed by atoms with Gasteiger partial charge in [-0.1, -0.05) is 37.3 Å². The molecule has 0 bridgehead atoms. The van der Waals surface area contributed by atoms with Crippen LogP contribution in [-0.2, 0) is 16.1 Å². The molecule has 1 fully saturated rings. The van der Waals surface area contributed by atoms with E-state index < -0.39 is 0 Å². The molecule has 2 rings (SSSR count). The quantitative estimate of drug-likeness (QED) is 0.786. The molecule has 19 heavy (non-hydrogen) atoms. The van der Waals surface area contributed by atoms with Gasteiger partial charge in [-0.05, 0) is 5.56 Å². The molecule has 1 unspecified atom stereocenters. The minimum atomic E-state index is -0.156. The van der Waals surface area contributed by atoms with E-state index in [9.17, 15) is 4.79 Å². The lowest BCUT2D eigenvalue weighted by Gasteiger charge is -2.39. The molecule has 1 aliphatic heterocycles. The average molecular weight is 263 g/mol. The first kappa shape index (κ1) is 14.0. The number of esters is 1. The summed E-state index contributed by atoms with van der Waals surface area (Å²) in [6, 6.07) is 9.69. The van der Waals surface area contributed by atoms with Crippen molar-refractivity contribution in [2.75, 3.05) is 26.2 Å². The van der Waals surface area contributed by atoms with Gasteiger partial charge in [0.25, 0.3) is 0 Å². The molecule has 0 spiro atoms. The molecule has 1 N–H and O–H groups in total. The van der Waals surface area contributed by atoms with Gasteiger partial charge in [0, 0.05) is 32.2 Å². The fraction of sp³-hybridized carbons (Fsp3) is 0.533. The van der Waals surface area contributed by atoms with E-state index in [0.29, 0.717) is 19.1 Å². The number of benzene rings is 1. The Hall–Kier alpha value is -1.39. The van der Waals surface area contributed by atoms with Gasteiger partial charge < -0.3 is 14.7 Å². The van der Waals surface area contributed by atoms with Crippen LogP contribution in [0.5, 0.6) is 0 Å². The van der Waals surface area contributed by atoms with Crippen LogP contribution >= 0.6 is 0 Å². The van der Waals surface area contributed by atoms with Crippen LogP contribution in [0.2, 0.25) is 0 Å². The number of hydrogen-bond donors (Lipinski definition) is 1. The van der Waals surface area contributed by atoms with Gasteiger partial charge in [-0.25, -0.2) is 0 Å². The van der Waals surface area contributed by atoms with Crippen molar-refractivity contribution in [2.24, 2.45) is 11.8 Å². The number of hydrogen-bond acceptors (Lipinski definition) is 4. The van der Waals surface area contributed by atoms with Crippen LogP contribution in [0.4, 0.5) is 0 Å². The summed E-state index contributed by atoms with van der Waals surface area (Å²) in [6.45, 7) is 4.94.